The Bertz CT molecular complexity index is 1170. The molecule has 1 aliphatic carbocycles. The van der Waals surface area contributed by atoms with Crippen molar-refractivity contribution in [1.29, 1.82) is 0 Å². The Morgan fingerprint density at radius 3 is 2.63 bits per heavy atom. The fourth-order valence-electron chi connectivity index (χ4n) is 4.55. The molecule has 1 aromatic heterocycles. The van der Waals surface area contributed by atoms with Gasteiger partial charge in [-0.3, -0.25) is 4.99 Å². The van der Waals surface area contributed by atoms with E-state index in [1.54, 1.807) is 16.1 Å². The summed E-state index contributed by atoms with van der Waals surface area (Å²) in [7, 11) is -3.66. The number of hydrogen-bond donors (Lipinski definition) is 0. The van der Waals surface area contributed by atoms with E-state index in [4.69, 9.17) is 4.99 Å². The predicted octanol–water partition coefficient (Wildman–Crippen LogP) is 4.33. The molecule has 0 fully saturated rings. The molecule has 5 rings (SSSR count). The second kappa shape index (κ2) is 6.06. The largest absolute Gasteiger partial charge is 0.289 e. The number of hydrogen-bond acceptors (Lipinski definition) is 3. The van der Waals surface area contributed by atoms with E-state index < -0.39 is 10.0 Å². The Morgan fingerprint density at radius 1 is 1.04 bits per heavy atom. The molecule has 5 heteroatoms. The summed E-state index contributed by atoms with van der Waals surface area (Å²) in [5.74, 6) is 0.465. The SMILES string of the molecule is Cc1ccc(S(=O)(=O)n2c3c(c4ccccc42)C2=NCCCC2CC3)cc1. The van der Waals surface area contributed by atoms with Gasteiger partial charge in [0.1, 0.15) is 0 Å². The number of benzene rings is 2. The van der Waals surface area contributed by atoms with E-state index in [1.165, 1.54) is 0 Å². The average Bonchev–Trinajstić information content (AvgIpc) is 3.04. The molecule has 0 spiro atoms. The second-order valence-corrected chi connectivity index (χ2v) is 9.35. The van der Waals surface area contributed by atoms with Gasteiger partial charge in [0.05, 0.1) is 10.4 Å². The van der Waals surface area contributed by atoms with Gasteiger partial charge in [-0.15, -0.1) is 0 Å². The van der Waals surface area contributed by atoms with Crippen molar-refractivity contribution < 1.29 is 8.42 Å². The van der Waals surface area contributed by atoms with Crippen molar-refractivity contribution in [3.63, 3.8) is 0 Å². The second-order valence-electron chi connectivity index (χ2n) is 7.57. The summed E-state index contributed by atoms with van der Waals surface area (Å²) in [5.41, 5.74) is 4.90. The lowest BCUT2D eigenvalue weighted by molar-refractivity contribution is 0.516. The van der Waals surface area contributed by atoms with Crippen LogP contribution in [0.4, 0.5) is 0 Å². The van der Waals surface area contributed by atoms with Crippen LogP contribution >= 0.6 is 0 Å². The van der Waals surface area contributed by atoms with E-state index in [2.05, 4.69) is 0 Å². The van der Waals surface area contributed by atoms with Gasteiger partial charge in [-0.1, -0.05) is 35.9 Å². The number of aliphatic imine (C=N–C) groups is 1. The smallest absolute Gasteiger partial charge is 0.268 e. The molecule has 3 aromatic rings. The van der Waals surface area contributed by atoms with Crippen molar-refractivity contribution >= 4 is 26.6 Å². The first-order chi connectivity index (χ1) is 13.1. The number of aryl methyl sites for hydroxylation is 1. The van der Waals surface area contributed by atoms with Crippen molar-refractivity contribution in [1.82, 2.24) is 3.97 Å². The van der Waals surface area contributed by atoms with Crippen LogP contribution in [0.5, 0.6) is 0 Å². The highest BCUT2D eigenvalue weighted by atomic mass is 32.2. The minimum Gasteiger partial charge on any atom is -0.289 e. The molecule has 0 radical (unpaired) electrons. The zero-order valence-electron chi connectivity index (χ0n) is 15.4. The zero-order chi connectivity index (χ0) is 18.6. The van der Waals surface area contributed by atoms with E-state index in [1.807, 2.05) is 43.3 Å². The van der Waals surface area contributed by atoms with Crippen molar-refractivity contribution in [2.45, 2.75) is 37.5 Å². The van der Waals surface area contributed by atoms with Gasteiger partial charge in [0, 0.05) is 34.8 Å². The normalized spacial score (nSPS) is 19.4. The fraction of sp³-hybridized carbons (Fsp3) is 0.318. The Kier molecular flexibility index (Phi) is 3.76. The molecule has 0 N–H and O–H groups in total. The minimum atomic E-state index is -3.66. The molecule has 2 aromatic carbocycles. The molecule has 1 aliphatic heterocycles. The first-order valence-electron chi connectivity index (χ1n) is 9.56. The fourth-order valence-corrected chi connectivity index (χ4v) is 6.13. The Balaban J connectivity index is 1.82. The van der Waals surface area contributed by atoms with Gasteiger partial charge in [-0.25, -0.2) is 12.4 Å². The van der Waals surface area contributed by atoms with Crippen LogP contribution in [0.3, 0.4) is 0 Å². The topological polar surface area (TPSA) is 51.4 Å². The highest BCUT2D eigenvalue weighted by molar-refractivity contribution is 7.90. The van der Waals surface area contributed by atoms with E-state index in [9.17, 15) is 8.42 Å². The monoisotopic (exact) mass is 378 g/mol. The summed E-state index contributed by atoms with van der Waals surface area (Å²) in [6.45, 7) is 2.81. The van der Waals surface area contributed by atoms with Gasteiger partial charge in [0.15, 0.2) is 0 Å². The van der Waals surface area contributed by atoms with Crippen molar-refractivity contribution in [3.05, 3.63) is 65.4 Å². The third-order valence-electron chi connectivity index (χ3n) is 5.85. The quantitative estimate of drug-likeness (QED) is 0.666. The van der Waals surface area contributed by atoms with Crippen LogP contribution in [0, 0.1) is 12.8 Å². The maximum absolute atomic E-state index is 13.6. The van der Waals surface area contributed by atoms with Crippen LogP contribution in [0.1, 0.15) is 36.1 Å². The van der Waals surface area contributed by atoms with Crippen LogP contribution in [0.15, 0.2) is 58.4 Å². The van der Waals surface area contributed by atoms with E-state index >= 15 is 0 Å². The molecule has 1 unspecified atom stereocenters. The number of aromatic nitrogens is 1. The summed E-state index contributed by atoms with van der Waals surface area (Å²) >= 11 is 0. The molecule has 27 heavy (non-hydrogen) atoms. The summed E-state index contributed by atoms with van der Waals surface area (Å²) < 4.78 is 28.7. The number of fused-ring (bicyclic) bond motifs is 5. The van der Waals surface area contributed by atoms with Gasteiger partial charge in [0.25, 0.3) is 10.0 Å². The van der Waals surface area contributed by atoms with Crippen LogP contribution in [0.25, 0.3) is 10.9 Å². The Labute approximate surface area is 159 Å². The lowest BCUT2D eigenvalue weighted by atomic mass is 9.80. The third-order valence-corrected chi connectivity index (χ3v) is 7.62. The van der Waals surface area contributed by atoms with Gasteiger partial charge >= 0.3 is 0 Å². The average molecular weight is 378 g/mol. The van der Waals surface area contributed by atoms with E-state index in [0.29, 0.717) is 10.8 Å². The first-order valence-corrected chi connectivity index (χ1v) is 11.0. The lowest BCUT2D eigenvalue weighted by Crippen LogP contribution is -2.28. The maximum atomic E-state index is 13.6. The third kappa shape index (κ3) is 2.48. The molecule has 0 amide bonds. The van der Waals surface area contributed by atoms with Gasteiger partial charge in [0.2, 0.25) is 0 Å². The van der Waals surface area contributed by atoms with Crippen LogP contribution in [-0.4, -0.2) is 24.6 Å². The molecule has 2 aliphatic rings. The highest BCUT2D eigenvalue weighted by Gasteiger charge is 2.35. The van der Waals surface area contributed by atoms with Crippen LogP contribution in [0.2, 0.25) is 0 Å². The highest BCUT2D eigenvalue weighted by Crippen LogP contribution is 2.39. The first kappa shape index (κ1) is 16.8. The maximum Gasteiger partial charge on any atom is 0.268 e. The zero-order valence-corrected chi connectivity index (χ0v) is 16.2. The summed E-state index contributed by atoms with van der Waals surface area (Å²) in [6, 6.07) is 15.0. The molecule has 4 nitrogen and oxygen atoms in total. The van der Waals surface area contributed by atoms with Crippen LogP contribution in [-0.2, 0) is 16.4 Å². The summed E-state index contributed by atoms with van der Waals surface area (Å²) in [4.78, 5) is 5.17. The van der Waals surface area contributed by atoms with Crippen molar-refractivity contribution in [2.24, 2.45) is 10.9 Å². The number of nitrogens with zero attached hydrogens (tertiary/aromatic N) is 2. The van der Waals surface area contributed by atoms with Gasteiger partial charge in [-0.05, 0) is 50.8 Å². The standard InChI is InChI=1S/C22H22N2O2S/c1-15-8-11-17(12-9-15)27(25,26)24-19-7-3-2-6-18(19)21-20(24)13-10-16-5-4-14-23-22(16)21/h2-3,6-9,11-12,16H,4-5,10,13-14H2,1H3. The van der Waals surface area contributed by atoms with Crippen molar-refractivity contribution in [3.8, 4) is 0 Å². The minimum absolute atomic E-state index is 0.337. The molecule has 0 bridgehead atoms. The lowest BCUT2D eigenvalue weighted by Gasteiger charge is -2.28. The molecular formula is C22H22N2O2S. The Hall–Kier alpha value is -2.40. The van der Waals surface area contributed by atoms with E-state index in [0.717, 1.165) is 65.7 Å². The molecule has 138 valence electrons. The summed E-state index contributed by atoms with van der Waals surface area (Å²) in [6.07, 6.45) is 4.04. The number of rotatable bonds is 2. The van der Waals surface area contributed by atoms with Crippen LogP contribution < -0.4 is 0 Å². The molecule has 0 saturated heterocycles. The molecule has 2 heterocycles. The van der Waals surface area contributed by atoms with E-state index in [-0.39, 0.29) is 0 Å². The molecule has 1 atom stereocenters. The van der Waals surface area contributed by atoms with Gasteiger partial charge in [-0.2, -0.15) is 0 Å². The molecular weight excluding hydrogens is 356 g/mol. The summed E-state index contributed by atoms with van der Waals surface area (Å²) in [5, 5.41) is 1.01. The Morgan fingerprint density at radius 2 is 1.81 bits per heavy atom. The van der Waals surface area contributed by atoms with Crippen molar-refractivity contribution in [2.75, 3.05) is 6.54 Å². The predicted molar refractivity (Wildman–Crippen MR) is 108 cm³/mol. The van der Waals surface area contributed by atoms with Gasteiger partial charge < -0.3 is 0 Å². The molecule has 0 saturated carbocycles. The number of para-hydroxylation sites is 1.